The zero-order chi connectivity index (χ0) is 15.3. The summed E-state index contributed by atoms with van der Waals surface area (Å²) in [5.41, 5.74) is 4.40. The van der Waals surface area contributed by atoms with E-state index < -0.39 is 28.5 Å². The molecular formula is C11H15N5O4. The number of anilines is 1. The summed E-state index contributed by atoms with van der Waals surface area (Å²) >= 11 is 0. The Kier molecular flexibility index (Phi) is 4.95. The van der Waals surface area contributed by atoms with Crippen LogP contribution in [0.25, 0.3) is 0 Å². The van der Waals surface area contributed by atoms with Crippen molar-refractivity contribution in [1.29, 1.82) is 0 Å². The van der Waals surface area contributed by atoms with E-state index in [4.69, 9.17) is 5.73 Å². The molecule has 0 aromatic carbocycles. The van der Waals surface area contributed by atoms with Gasteiger partial charge in [0.15, 0.2) is 0 Å². The smallest absolute Gasteiger partial charge is 0.300 e. The Bertz CT molecular complexity index is 546. The van der Waals surface area contributed by atoms with E-state index in [2.05, 4.69) is 15.6 Å². The Morgan fingerprint density at radius 3 is 2.70 bits per heavy atom. The predicted molar refractivity (Wildman–Crippen MR) is 71.2 cm³/mol. The molecule has 0 spiro atoms. The second-order valence-electron chi connectivity index (χ2n) is 3.97. The van der Waals surface area contributed by atoms with E-state index in [9.17, 15) is 19.7 Å². The second kappa shape index (κ2) is 6.45. The van der Waals surface area contributed by atoms with Crippen LogP contribution in [0.3, 0.4) is 0 Å². The molecule has 0 fully saturated rings. The van der Waals surface area contributed by atoms with Crippen LogP contribution in [0.1, 0.15) is 24.2 Å². The third-order valence-corrected chi connectivity index (χ3v) is 2.46. The zero-order valence-corrected chi connectivity index (χ0v) is 11.0. The molecule has 1 unspecified atom stereocenters. The number of aromatic nitrogens is 1. The first-order chi connectivity index (χ1) is 9.36. The SMILES string of the molecule is CCNc1cc(C(=O)NC(C)C(N)=O)c([N+](=O)[O-])cn1. The maximum atomic E-state index is 12.0. The quantitative estimate of drug-likeness (QED) is 0.496. The number of hydrogen-bond acceptors (Lipinski definition) is 6. The molecular weight excluding hydrogens is 266 g/mol. The van der Waals surface area contributed by atoms with E-state index in [1.54, 1.807) is 0 Å². The molecule has 2 amide bonds. The van der Waals surface area contributed by atoms with Crippen LogP contribution in [-0.2, 0) is 4.79 Å². The van der Waals surface area contributed by atoms with Crippen molar-refractivity contribution in [2.24, 2.45) is 5.73 Å². The summed E-state index contributed by atoms with van der Waals surface area (Å²) in [4.78, 5) is 36.9. The lowest BCUT2D eigenvalue weighted by molar-refractivity contribution is -0.385. The van der Waals surface area contributed by atoms with Crippen molar-refractivity contribution in [3.8, 4) is 0 Å². The van der Waals surface area contributed by atoms with Crippen LogP contribution in [0.2, 0.25) is 0 Å². The third kappa shape index (κ3) is 3.64. The Hall–Kier alpha value is -2.71. The molecule has 1 aromatic rings. The highest BCUT2D eigenvalue weighted by Crippen LogP contribution is 2.20. The maximum absolute atomic E-state index is 12.0. The zero-order valence-electron chi connectivity index (χ0n) is 11.0. The summed E-state index contributed by atoms with van der Waals surface area (Å²) in [5, 5.41) is 16.0. The van der Waals surface area contributed by atoms with Crippen LogP contribution in [-0.4, -0.2) is 34.3 Å². The molecule has 0 aliphatic rings. The molecule has 0 radical (unpaired) electrons. The highest BCUT2D eigenvalue weighted by atomic mass is 16.6. The van der Waals surface area contributed by atoms with Gasteiger partial charge < -0.3 is 16.4 Å². The van der Waals surface area contributed by atoms with Crippen molar-refractivity contribution in [2.75, 3.05) is 11.9 Å². The molecule has 0 saturated carbocycles. The highest BCUT2D eigenvalue weighted by Gasteiger charge is 2.23. The van der Waals surface area contributed by atoms with Gasteiger partial charge >= 0.3 is 0 Å². The molecule has 0 aliphatic heterocycles. The lowest BCUT2D eigenvalue weighted by Gasteiger charge is -2.11. The number of carbonyl (C=O) groups is 2. The van der Waals surface area contributed by atoms with Gasteiger partial charge in [0.05, 0.1) is 4.92 Å². The largest absolute Gasteiger partial charge is 0.370 e. The Morgan fingerprint density at radius 1 is 1.55 bits per heavy atom. The molecule has 4 N–H and O–H groups in total. The number of carbonyl (C=O) groups excluding carboxylic acids is 2. The first-order valence-electron chi connectivity index (χ1n) is 5.85. The molecule has 9 heteroatoms. The van der Waals surface area contributed by atoms with Crippen molar-refractivity contribution in [3.05, 3.63) is 27.9 Å². The van der Waals surface area contributed by atoms with Gasteiger partial charge in [0.1, 0.15) is 23.6 Å². The minimum Gasteiger partial charge on any atom is -0.370 e. The Balaban J connectivity index is 3.11. The second-order valence-corrected chi connectivity index (χ2v) is 3.97. The molecule has 0 aliphatic carbocycles. The summed E-state index contributed by atoms with van der Waals surface area (Å²) in [7, 11) is 0. The van der Waals surface area contributed by atoms with Crippen LogP contribution in [0, 0.1) is 10.1 Å². The van der Waals surface area contributed by atoms with Crippen LogP contribution >= 0.6 is 0 Å². The van der Waals surface area contributed by atoms with Gasteiger partial charge in [-0.2, -0.15) is 0 Å². The van der Waals surface area contributed by atoms with E-state index in [-0.39, 0.29) is 5.56 Å². The van der Waals surface area contributed by atoms with Gasteiger partial charge in [0, 0.05) is 12.6 Å². The number of nitro groups is 1. The molecule has 1 atom stereocenters. The molecule has 0 bridgehead atoms. The maximum Gasteiger partial charge on any atom is 0.300 e. The van der Waals surface area contributed by atoms with E-state index in [0.29, 0.717) is 12.4 Å². The normalized spacial score (nSPS) is 11.5. The summed E-state index contributed by atoms with van der Waals surface area (Å²) in [5.74, 6) is -1.17. The number of nitrogens with one attached hydrogen (secondary N) is 2. The number of hydrogen-bond donors (Lipinski definition) is 3. The van der Waals surface area contributed by atoms with Gasteiger partial charge in [-0.25, -0.2) is 4.98 Å². The number of pyridine rings is 1. The standard InChI is InChI=1S/C11H15N5O4/c1-3-13-9-4-7(8(5-14-9)16(19)20)11(18)15-6(2)10(12)17/h4-6H,3H2,1-2H3,(H2,12,17)(H,13,14)(H,15,18). The monoisotopic (exact) mass is 281 g/mol. The Labute approximate surface area is 114 Å². The van der Waals surface area contributed by atoms with E-state index in [0.717, 1.165) is 6.20 Å². The fourth-order valence-corrected chi connectivity index (χ4v) is 1.40. The number of rotatable bonds is 6. The topological polar surface area (TPSA) is 140 Å². The lowest BCUT2D eigenvalue weighted by atomic mass is 10.2. The average Bonchev–Trinajstić information content (AvgIpc) is 2.38. The minimum atomic E-state index is -0.933. The summed E-state index contributed by atoms with van der Waals surface area (Å²) in [6.45, 7) is 3.75. The van der Waals surface area contributed by atoms with E-state index in [1.807, 2.05) is 6.92 Å². The fourth-order valence-electron chi connectivity index (χ4n) is 1.40. The van der Waals surface area contributed by atoms with E-state index >= 15 is 0 Å². The van der Waals surface area contributed by atoms with Crippen LogP contribution in [0.15, 0.2) is 12.3 Å². The highest BCUT2D eigenvalue weighted by molar-refractivity contribution is 6.00. The third-order valence-electron chi connectivity index (χ3n) is 2.46. The first-order valence-corrected chi connectivity index (χ1v) is 5.85. The van der Waals surface area contributed by atoms with Gasteiger partial charge in [-0.05, 0) is 13.8 Å². The van der Waals surface area contributed by atoms with Crippen LogP contribution in [0.5, 0.6) is 0 Å². The average molecular weight is 281 g/mol. The minimum absolute atomic E-state index is 0.186. The number of amides is 2. The van der Waals surface area contributed by atoms with Crippen LogP contribution < -0.4 is 16.4 Å². The van der Waals surface area contributed by atoms with Crippen molar-refractivity contribution in [1.82, 2.24) is 10.3 Å². The summed E-state index contributed by atoms with van der Waals surface area (Å²) in [6, 6.07) is 0.322. The van der Waals surface area contributed by atoms with Gasteiger partial charge in [-0.3, -0.25) is 19.7 Å². The number of nitrogens with zero attached hydrogens (tertiary/aromatic N) is 2. The van der Waals surface area contributed by atoms with Crippen LogP contribution in [0.4, 0.5) is 11.5 Å². The number of nitrogens with two attached hydrogens (primary N) is 1. The molecule has 9 nitrogen and oxygen atoms in total. The van der Waals surface area contributed by atoms with Crippen molar-refractivity contribution < 1.29 is 14.5 Å². The molecule has 1 rings (SSSR count). The van der Waals surface area contributed by atoms with Crippen molar-refractivity contribution in [3.63, 3.8) is 0 Å². The molecule has 0 saturated heterocycles. The Morgan fingerprint density at radius 2 is 2.20 bits per heavy atom. The van der Waals surface area contributed by atoms with Gasteiger partial charge in [0.25, 0.3) is 11.6 Å². The first kappa shape index (κ1) is 15.3. The van der Waals surface area contributed by atoms with E-state index in [1.165, 1.54) is 13.0 Å². The molecule has 1 heterocycles. The van der Waals surface area contributed by atoms with Gasteiger partial charge in [-0.1, -0.05) is 0 Å². The van der Waals surface area contributed by atoms with Gasteiger partial charge in [0.2, 0.25) is 5.91 Å². The molecule has 20 heavy (non-hydrogen) atoms. The van der Waals surface area contributed by atoms with Gasteiger partial charge in [-0.15, -0.1) is 0 Å². The fraction of sp³-hybridized carbons (Fsp3) is 0.364. The lowest BCUT2D eigenvalue weighted by Crippen LogP contribution is -2.42. The number of primary amides is 1. The summed E-state index contributed by atoms with van der Waals surface area (Å²) in [6.07, 6.45) is 0.988. The molecule has 108 valence electrons. The van der Waals surface area contributed by atoms with Crippen molar-refractivity contribution in [2.45, 2.75) is 19.9 Å². The van der Waals surface area contributed by atoms with Crippen molar-refractivity contribution >= 4 is 23.3 Å². The summed E-state index contributed by atoms with van der Waals surface area (Å²) < 4.78 is 0. The predicted octanol–water partition coefficient (Wildman–Crippen LogP) is 0.0252. The molecule has 1 aromatic heterocycles.